The van der Waals surface area contributed by atoms with Gasteiger partial charge >= 0.3 is 11.9 Å². The summed E-state index contributed by atoms with van der Waals surface area (Å²) >= 11 is 0. The van der Waals surface area contributed by atoms with Crippen LogP contribution in [0.2, 0.25) is 0 Å². The van der Waals surface area contributed by atoms with Crippen molar-refractivity contribution in [2.75, 3.05) is 19.8 Å². The molecule has 0 radical (unpaired) electrons. The van der Waals surface area contributed by atoms with Crippen molar-refractivity contribution >= 4 is 11.9 Å². The van der Waals surface area contributed by atoms with Crippen LogP contribution in [0.5, 0.6) is 0 Å². The van der Waals surface area contributed by atoms with E-state index in [1.54, 1.807) is 18.9 Å². The molecule has 6 heteroatoms. The van der Waals surface area contributed by atoms with Gasteiger partial charge in [-0.2, -0.15) is 5.06 Å². The van der Waals surface area contributed by atoms with E-state index in [1.165, 1.54) is 0 Å². The van der Waals surface area contributed by atoms with Crippen LogP contribution in [-0.2, 0) is 23.9 Å². The minimum Gasteiger partial charge on any atom is -0.466 e. The molecule has 0 N–H and O–H groups in total. The van der Waals surface area contributed by atoms with Crippen molar-refractivity contribution in [1.82, 2.24) is 5.06 Å². The second-order valence-electron chi connectivity index (χ2n) is 4.03. The highest BCUT2D eigenvalue weighted by Gasteiger charge is 2.49. The number of carbonyl (C=O) groups excluding carboxylic acids is 2. The highest BCUT2D eigenvalue weighted by Crippen LogP contribution is 2.29. The van der Waals surface area contributed by atoms with Gasteiger partial charge in [0.25, 0.3) is 0 Å². The lowest BCUT2D eigenvalue weighted by atomic mass is 9.96. The van der Waals surface area contributed by atoms with E-state index in [1.807, 2.05) is 13.8 Å². The predicted octanol–water partition coefficient (Wildman–Crippen LogP) is 0.753. The molecule has 3 atom stereocenters. The minimum absolute atomic E-state index is 0.205. The number of hydrogen-bond acceptors (Lipinski definition) is 6. The third-order valence-electron chi connectivity index (χ3n) is 2.94. The van der Waals surface area contributed by atoms with Crippen molar-refractivity contribution < 1.29 is 23.9 Å². The topological polar surface area (TPSA) is 65.1 Å². The number of carbonyl (C=O) groups is 2. The van der Waals surface area contributed by atoms with Gasteiger partial charge in [0.2, 0.25) is 0 Å². The average molecular weight is 259 g/mol. The van der Waals surface area contributed by atoms with Gasteiger partial charge in [-0.25, -0.2) is 4.79 Å². The lowest BCUT2D eigenvalue weighted by Gasteiger charge is -2.18. The van der Waals surface area contributed by atoms with E-state index in [0.717, 1.165) is 0 Å². The number of esters is 2. The van der Waals surface area contributed by atoms with Crippen LogP contribution in [0.3, 0.4) is 0 Å². The number of hydrogen-bond donors (Lipinski definition) is 0. The van der Waals surface area contributed by atoms with Gasteiger partial charge in [0.1, 0.15) is 5.92 Å². The first-order valence-electron chi connectivity index (χ1n) is 6.33. The largest absolute Gasteiger partial charge is 0.466 e. The van der Waals surface area contributed by atoms with E-state index in [2.05, 4.69) is 0 Å². The first-order chi connectivity index (χ1) is 8.56. The lowest BCUT2D eigenvalue weighted by molar-refractivity contribution is -0.188. The zero-order chi connectivity index (χ0) is 13.7. The van der Waals surface area contributed by atoms with Crippen molar-refractivity contribution in [2.45, 2.75) is 39.8 Å². The molecule has 1 fully saturated rings. The molecule has 0 aromatic heterocycles. The Morgan fingerprint density at radius 1 is 1.11 bits per heavy atom. The summed E-state index contributed by atoms with van der Waals surface area (Å²) in [6.45, 7) is 8.31. The molecule has 1 saturated heterocycles. The van der Waals surface area contributed by atoms with Crippen molar-refractivity contribution in [3.63, 3.8) is 0 Å². The van der Waals surface area contributed by atoms with Crippen LogP contribution in [0.4, 0.5) is 0 Å². The molecule has 0 bridgehead atoms. The number of hydroxylamine groups is 2. The molecule has 1 aliphatic heterocycles. The van der Waals surface area contributed by atoms with Gasteiger partial charge in [0.05, 0.1) is 13.2 Å². The lowest BCUT2D eigenvalue weighted by Crippen LogP contribution is -2.38. The summed E-state index contributed by atoms with van der Waals surface area (Å²) in [6.07, 6.45) is -0.904. The molecule has 1 rings (SSSR count). The maximum absolute atomic E-state index is 11.9. The summed E-state index contributed by atoms with van der Waals surface area (Å²) in [5.74, 6) is -1.57. The van der Waals surface area contributed by atoms with Gasteiger partial charge in [-0.3, -0.25) is 9.63 Å². The molecule has 0 aromatic carbocycles. The normalized spacial score (nSPS) is 28.1. The Kier molecular flexibility index (Phi) is 5.55. The zero-order valence-electron chi connectivity index (χ0n) is 11.3. The predicted molar refractivity (Wildman–Crippen MR) is 63.5 cm³/mol. The molecule has 0 aromatic rings. The van der Waals surface area contributed by atoms with E-state index in [-0.39, 0.29) is 19.3 Å². The Balaban J connectivity index is 2.84. The molecule has 0 aliphatic carbocycles. The molecule has 1 heterocycles. The first kappa shape index (κ1) is 14.9. The molecule has 104 valence electrons. The number of nitrogens with zero attached hydrogens (tertiary/aromatic N) is 1. The molecule has 0 spiro atoms. The Bertz CT molecular complexity index is 307. The van der Waals surface area contributed by atoms with E-state index in [4.69, 9.17) is 14.3 Å². The highest BCUT2D eigenvalue weighted by atomic mass is 16.7. The fraction of sp³-hybridized carbons (Fsp3) is 0.833. The third kappa shape index (κ3) is 3.00. The summed E-state index contributed by atoms with van der Waals surface area (Å²) in [5.41, 5.74) is 0. The van der Waals surface area contributed by atoms with Crippen LogP contribution in [-0.4, -0.2) is 48.9 Å². The SMILES string of the molecule is CCOC(=O)[C@@H]1[C@@H](C(=O)OCC)ON(CC)[C@@H]1C. The standard InChI is InChI=1S/C12H21NO5/c1-5-13-8(4)9(11(14)16-6-2)10(18-13)12(15)17-7-3/h8-10H,5-7H2,1-4H3/t8-,9+,10+/m1/s1. The third-order valence-corrected chi connectivity index (χ3v) is 2.94. The molecule has 0 amide bonds. The summed E-state index contributed by atoms with van der Waals surface area (Å²) in [4.78, 5) is 29.2. The van der Waals surface area contributed by atoms with Crippen LogP contribution in [0.25, 0.3) is 0 Å². The minimum atomic E-state index is -0.904. The zero-order valence-corrected chi connectivity index (χ0v) is 11.3. The molecule has 1 aliphatic rings. The smallest absolute Gasteiger partial charge is 0.338 e. The van der Waals surface area contributed by atoms with Gasteiger partial charge in [0, 0.05) is 12.6 Å². The van der Waals surface area contributed by atoms with E-state index in [0.29, 0.717) is 6.54 Å². The van der Waals surface area contributed by atoms with Gasteiger partial charge in [-0.15, -0.1) is 0 Å². The fourth-order valence-corrected chi connectivity index (χ4v) is 2.08. The number of ether oxygens (including phenoxy) is 2. The summed E-state index contributed by atoms with van der Waals surface area (Å²) in [7, 11) is 0. The van der Waals surface area contributed by atoms with Crippen LogP contribution in [0.1, 0.15) is 27.7 Å². The Morgan fingerprint density at radius 2 is 1.67 bits per heavy atom. The fourth-order valence-electron chi connectivity index (χ4n) is 2.08. The van der Waals surface area contributed by atoms with Crippen LogP contribution in [0.15, 0.2) is 0 Å². The van der Waals surface area contributed by atoms with Gasteiger partial charge < -0.3 is 9.47 Å². The molecule has 18 heavy (non-hydrogen) atoms. The van der Waals surface area contributed by atoms with E-state index < -0.39 is 24.0 Å². The van der Waals surface area contributed by atoms with Crippen molar-refractivity contribution in [3.8, 4) is 0 Å². The Hall–Kier alpha value is -1.14. The van der Waals surface area contributed by atoms with Crippen LogP contribution >= 0.6 is 0 Å². The number of rotatable bonds is 5. The summed E-state index contributed by atoms with van der Waals surface area (Å²) < 4.78 is 9.92. The van der Waals surface area contributed by atoms with Crippen LogP contribution in [0, 0.1) is 5.92 Å². The Labute approximate surface area is 107 Å². The quantitative estimate of drug-likeness (QED) is 0.679. The highest BCUT2D eigenvalue weighted by molar-refractivity contribution is 5.85. The average Bonchev–Trinajstić information content (AvgIpc) is 2.67. The maximum atomic E-state index is 11.9. The first-order valence-corrected chi connectivity index (χ1v) is 6.33. The summed E-state index contributed by atoms with van der Waals surface area (Å²) in [5, 5.41) is 1.61. The monoisotopic (exact) mass is 259 g/mol. The molecule has 6 nitrogen and oxygen atoms in total. The van der Waals surface area contributed by atoms with Crippen molar-refractivity contribution in [2.24, 2.45) is 5.92 Å². The van der Waals surface area contributed by atoms with Gasteiger partial charge in [0.15, 0.2) is 6.10 Å². The van der Waals surface area contributed by atoms with Crippen molar-refractivity contribution in [3.05, 3.63) is 0 Å². The molecule has 0 saturated carbocycles. The van der Waals surface area contributed by atoms with E-state index >= 15 is 0 Å². The molecular formula is C12H21NO5. The maximum Gasteiger partial charge on any atom is 0.338 e. The van der Waals surface area contributed by atoms with Crippen molar-refractivity contribution in [1.29, 1.82) is 0 Å². The Morgan fingerprint density at radius 3 is 2.17 bits per heavy atom. The molecule has 0 unspecified atom stereocenters. The second-order valence-corrected chi connectivity index (χ2v) is 4.03. The summed E-state index contributed by atoms with van der Waals surface area (Å²) in [6, 6.07) is -0.205. The van der Waals surface area contributed by atoms with E-state index in [9.17, 15) is 9.59 Å². The van der Waals surface area contributed by atoms with Gasteiger partial charge in [-0.1, -0.05) is 6.92 Å². The second kappa shape index (κ2) is 6.70. The van der Waals surface area contributed by atoms with Crippen LogP contribution < -0.4 is 0 Å². The van der Waals surface area contributed by atoms with Gasteiger partial charge in [-0.05, 0) is 20.8 Å². The molecular weight excluding hydrogens is 238 g/mol.